The molecule has 0 aliphatic carbocycles. The first-order valence-corrected chi connectivity index (χ1v) is 7.55. The third kappa shape index (κ3) is 2.79. The summed E-state index contributed by atoms with van der Waals surface area (Å²) in [7, 11) is 3.87. The number of hydrogen-bond donors (Lipinski definition) is 0. The minimum Gasteiger partial charge on any atom is -0.361 e. The van der Waals surface area contributed by atoms with Gasteiger partial charge in [-0.2, -0.15) is 0 Å². The minimum absolute atomic E-state index is 0.106. The molecule has 1 saturated heterocycles. The van der Waals surface area contributed by atoms with Gasteiger partial charge >= 0.3 is 0 Å². The molecule has 3 rings (SSSR count). The van der Waals surface area contributed by atoms with Crippen molar-refractivity contribution < 1.29 is 4.79 Å². The maximum absolute atomic E-state index is 12.5. The van der Waals surface area contributed by atoms with E-state index in [1.54, 1.807) is 12.4 Å². The second kappa shape index (κ2) is 6.13. The lowest BCUT2D eigenvalue weighted by atomic mass is 10.1. The molecule has 1 amide bonds. The molecular weight excluding hydrogens is 276 g/mol. The van der Waals surface area contributed by atoms with Crippen molar-refractivity contribution in [1.82, 2.24) is 14.9 Å². The lowest BCUT2D eigenvalue weighted by Crippen LogP contribution is -2.27. The zero-order chi connectivity index (χ0) is 15.5. The lowest BCUT2D eigenvalue weighted by molar-refractivity contribution is 0.0793. The molecule has 5 nitrogen and oxygen atoms in total. The first kappa shape index (κ1) is 14.5. The molecule has 0 unspecified atom stereocenters. The Kier molecular flexibility index (Phi) is 4.04. The van der Waals surface area contributed by atoms with E-state index >= 15 is 0 Å². The summed E-state index contributed by atoms with van der Waals surface area (Å²) in [5, 5.41) is 0. The van der Waals surface area contributed by atoms with Crippen LogP contribution < -0.4 is 4.90 Å². The summed E-state index contributed by atoms with van der Waals surface area (Å²) in [4.78, 5) is 25.2. The topological polar surface area (TPSA) is 49.3 Å². The van der Waals surface area contributed by atoms with Crippen molar-refractivity contribution >= 4 is 11.7 Å². The molecule has 2 aromatic rings. The van der Waals surface area contributed by atoms with Crippen molar-refractivity contribution in [3.05, 3.63) is 42.2 Å². The quantitative estimate of drug-likeness (QED) is 0.873. The summed E-state index contributed by atoms with van der Waals surface area (Å²) in [6, 6.07) is 7.66. The normalized spacial score (nSPS) is 14.2. The zero-order valence-corrected chi connectivity index (χ0v) is 13.0. The Morgan fingerprint density at radius 3 is 2.59 bits per heavy atom. The molecule has 1 aliphatic heterocycles. The Bertz CT molecular complexity index is 678. The molecule has 22 heavy (non-hydrogen) atoms. The van der Waals surface area contributed by atoms with E-state index in [1.165, 1.54) is 0 Å². The summed E-state index contributed by atoms with van der Waals surface area (Å²) in [5.74, 6) is 0.905. The van der Waals surface area contributed by atoms with Gasteiger partial charge in [-0.05, 0) is 25.0 Å². The second-order valence-corrected chi connectivity index (χ2v) is 5.70. The van der Waals surface area contributed by atoms with Gasteiger partial charge in [0.05, 0.1) is 0 Å². The number of aromatic nitrogens is 2. The molecule has 0 atom stereocenters. The molecule has 1 fully saturated rings. The largest absolute Gasteiger partial charge is 0.361 e. The minimum atomic E-state index is 0.106. The summed E-state index contributed by atoms with van der Waals surface area (Å²) in [5.41, 5.74) is 2.43. The standard InChI is InChI=1S/C17H20N4O/c1-20(2)16-15(18-8-9-19-16)13-6-5-7-14(12-13)17(22)21-10-3-4-11-21/h5-9,12H,3-4,10-11H2,1-2H3. The van der Waals surface area contributed by atoms with E-state index in [9.17, 15) is 4.79 Å². The van der Waals surface area contributed by atoms with Gasteiger partial charge < -0.3 is 9.80 Å². The molecule has 0 saturated carbocycles. The Morgan fingerprint density at radius 1 is 1.14 bits per heavy atom. The number of carbonyl (C=O) groups is 1. The highest BCUT2D eigenvalue weighted by Gasteiger charge is 2.20. The average molecular weight is 296 g/mol. The molecule has 0 bridgehead atoms. The number of likely N-dealkylation sites (tertiary alicyclic amines) is 1. The Labute approximate surface area is 130 Å². The maximum atomic E-state index is 12.5. The number of rotatable bonds is 3. The highest BCUT2D eigenvalue weighted by atomic mass is 16.2. The van der Waals surface area contributed by atoms with Crippen molar-refractivity contribution in [3.63, 3.8) is 0 Å². The van der Waals surface area contributed by atoms with Crippen LogP contribution in [0.5, 0.6) is 0 Å². The van der Waals surface area contributed by atoms with E-state index < -0.39 is 0 Å². The predicted molar refractivity (Wildman–Crippen MR) is 86.9 cm³/mol. The molecule has 0 spiro atoms. The number of anilines is 1. The first-order valence-electron chi connectivity index (χ1n) is 7.55. The van der Waals surface area contributed by atoms with E-state index in [0.29, 0.717) is 0 Å². The van der Waals surface area contributed by atoms with E-state index in [-0.39, 0.29) is 5.91 Å². The summed E-state index contributed by atoms with van der Waals surface area (Å²) < 4.78 is 0. The van der Waals surface area contributed by atoms with Gasteiger partial charge in [0.2, 0.25) is 0 Å². The van der Waals surface area contributed by atoms with Gasteiger partial charge in [-0.15, -0.1) is 0 Å². The Balaban J connectivity index is 1.96. The average Bonchev–Trinajstić information content (AvgIpc) is 3.08. The van der Waals surface area contributed by atoms with Gasteiger partial charge in [0.15, 0.2) is 5.82 Å². The van der Waals surface area contributed by atoms with Crippen molar-refractivity contribution in [3.8, 4) is 11.3 Å². The van der Waals surface area contributed by atoms with Crippen molar-refractivity contribution in [2.45, 2.75) is 12.8 Å². The van der Waals surface area contributed by atoms with E-state index in [1.807, 2.05) is 48.2 Å². The van der Waals surface area contributed by atoms with Gasteiger partial charge in [0.25, 0.3) is 5.91 Å². The highest BCUT2D eigenvalue weighted by Crippen LogP contribution is 2.26. The van der Waals surface area contributed by atoms with Crippen LogP contribution >= 0.6 is 0 Å². The second-order valence-electron chi connectivity index (χ2n) is 5.70. The number of carbonyl (C=O) groups excluding carboxylic acids is 1. The molecule has 1 aromatic carbocycles. The Hall–Kier alpha value is -2.43. The van der Waals surface area contributed by atoms with Crippen molar-refractivity contribution in [1.29, 1.82) is 0 Å². The van der Waals surface area contributed by atoms with Crippen LogP contribution in [-0.2, 0) is 0 Å². The van der Waals surface area contributed by atoms with Gasteiger partial charge in [0, 0.05) is 50.7 Å². The van der Waals surface area contributed by atoms with Crippen molar-refractivity contribution in [2.24, 2.45) is 0 Å². The van der Waals surface area contributed by atoms with E-state index in [4.69, 9.17) is 0 Å². The van der Waals surface area contributed by atoms with Crippen LogP contribution in [-0.4, -0.2) is 48.0 Å². The molecule has 1 aromatic heterocycles. The molecule has 1 aliphatic rings. The SMILES string of the molecule is CN(C)c1nccnc1-c1cccc(C(=O)N2CCCC2)c1. The first-order chi connectivity index (χ1) is 10.7. The van der Waals surface area contributed by atoms with Crippen LogP contribution in [0.3, 0.4) is 0 Å². The maximum Gasteiger partial charge on any atom is 0.253 e. The number of benzene rings is 1. The summed E-state index contributed by atoms with van der Waals surface area (Å²) in [6.07, 6.45) is 5.55. The molecule has 0 N–H and O–H groups in total. The molecule has 5 heteroatoms. The summed E-state index contributed by atoms with van der Waals surface area (Å²) in [6.45, 7) is 1.72. The van der Waals surface area contributed by atoms with Gasteiger partial charge in [-0.1, -0.05) is 12.1 Å². The zero-order valence-electron chi connectivity index (χ0n) is 13.0. The van der Waals surface area contributed by atoms with E-state index in [0.717, 1.165) is 48.6 Å². The predicted octanol–water partition coefficient (Wildman–Crippen LogP) is 2.45. The van der Waals surface area contributed by atoms with Gasteiger partial charge in [-0.3, -0.25) is 9.78 Å². The van der Waals surface area contributed by atoms with Crippen LogP contribution in [0.15, 0.2) is 36.7 Å². The smallest absolute Gasteiger partial charge is 0.253 e. The molecular formula is C17H20N4O. The lowest BCUT2D eigenvalue weighted by Gasteiger charge is -2.17. The third-order valence-electron chi connectivity index (χ3n) is 3.88. The van der Waals surface area contributed by atoms with Gasteiger partial charge in [0.1, 0.15) is 5.69 Å². The number of hydrogen-bond acceptors (Lipinski definition) is 4. The van der Waals surface area contributed by atoms with Crippen LogP contribution in [0.25, 0.3) is 11.3 Å². The Morgan fingerprint density at radius 2 is 1.86 bits per heavy atom. The number of nitrogens with zero attached hydrogens (tertiary/aromatic N) is 4. The fourth-order valence-corrected chi connectivity index (χ4v) is 2.76. The molecule has 0 radical (unpaired) electrons. The molecule has 114 valence electrons. The van der Waals surface area contributed by atoms with E-state index in [2.05, 4.69) is 9.97 Å². The molecule has 2 heterocycles. The monoisotopic (exact) mass is 296 g/mol. The van der Waals surface area contributed by atoms with Crippen LogP contribution in [0, 0.1) is 0 Å². The number of amides is 1. The van der Waals surface area contributed by atoms with Crippen LogP contribution in [0.4, 0.5) is 5.82 Å². The summed E-state index contributed by atoms with van der Waals surface area (Å²) >= 11 is 0. The third-order valence-corrected chi connectivity index (χ3v) is 3.88. The fraction of sp³-hybridized carbons (Fsp3) is 0.353. The fourth-order valence-electron chi connectivity index (χ4n) is 2.76. The van der Waals surface area contributed by atoms with Gasteiger partial charge in [-0.25, -0.2) is 4.98 Å². The highest BCUT2D eigenvalue weighted by molar-refractivity contribution is 5.95. The van der Waals surface area contributed by atoms with Crippen LogP contribution in [0.1, 0.15) is 23.2 Å². The van der Waals surface area contributed by atoms with Crippen molar-refractivity contribution in [2.75, 3.05) is 32.1 Å². The van der Waals surface area contributed by atoms with Crippen LogP contribution in [0.2, 0.25) is 0 Å².